The van der Waals surface area contributed by atoms with Crippen molar-refractivity contribution in [3.8, 4) is 0 Å². The van der Waals surface area contributed by atoms with E-state index in [0.717, 1.165) is 17.7 Å². The third-order valence-electron chi connectivity index (χ3n) is 6.11. The molecule has 2 aromatic carbocycles. The molecule has 8 heteroatoms. The molecule has 2 aliphatic rings. The maximum atomic E-state index is 14.1. The topological polar surface area (TPSA) is 29.3 Å². The molecule has 0 radical (unpaired) electrons. The van der Waals surface area contributed by atoms with Gasteiger partial charge in [0.2, 0.25) is 0 Å². The predicted molar refractivity (Wildman–Crippen MR) is 95.4 cm³/mol. The second kappa shape index (κ2) is 7.32. The number of hydrogen-bond acceptors (Lipinski definition) is 2. The van der Waals surface area contributed by atoms with E-state index in [1.165, 1.54) is 12.1 Å². The van der Waals surface area contributed by atoms with Gasteiger partial charge in [0, 0.05) is 37.2 Å². The Morgan fingerprint density at radius 2 is 1.55 bits per heavy atom. The Balaban J connectivity index is 1.46. The zero-order valence-electron chi connectivity index (χ0n) is 15.4. The van der Waals surface area contributed by atoms with Gasteiger partial charge in [-0.05, 0) is 54.2 Å². The van der Waals surface area contributed by atoms with Gasteiger partial charge in [-0.2, -0.15) is 13.2 Å². The monoisotopic (exact) mass is 414 g/mol. The predicted octanol–water partition coefficient (Wildman–Crippen LogP) is 5.10. The van der Waals surface area contributed by atoms with E-state index in [2.05, 4.69) is 4.90 Å². The first-order valence-corrected chi connectivity index (χ1v) is 9.46. The van der Waals surface area contributed by atoms with Crippen molar-refractivity contribution in [2.45, 2.75) is 56.5 Å². The number of hydrogen-bond donors (Lipinski definition) is 1. The summed E-state index contributed by atoms with van der Waals surface area (Å²) in [5, 5.41) is 0. The van der Waals surface area contributed by atoms with Crippen LogP contribution in [0, 0.1) is 17.5 Å². The molecule has 156 valence electrons. The molecule has 0 amide bonds. The second-order valence-corrected chi connectivity index (χ2v) is 7.91. The Morgan fingerprint density at radius 1 is 0.862 bits per heavy atom. The minimum Gasteiger partial charge on any atom is -0.327 e. The molecule has 4 rings (SSSR count). The van der Waals surface area contributed by atoms with E-state index in [9.17, 15) is 26.3 Å². The summed E-state index contributed by atoms with van der Waals surface area (Å²) in [5.74, 6) is -3.58. The van der Waals surface area contributed by atoms with Crippen molar-refractivity contribution < 1.29 is 26.3 Å². The number of alkyl halides is 3. The molecule has 0 spiro atoms. The van der Waals surface area contributed by atoms with Gasteiger partial charge in [-0.15, -0.1) is 0 Å². The van der Waals surface area contributed by atoms with Gasteiger partial charge in [0.05, 0.1) is 5.56 Å². The first-order valence-electron chi connectivity index (χ1n) is 9.46. The summed E-state index contributed by atoms with van der Waals surface area (Å²) in [4.78, 5) is 2.09. The minimum atomic E-state index is -4.38. The number of halogens is 6. The summed E-state index contributed by atoms with van der Waals surface area (Å²) in [6, 6.07) is 4.80. The van der Waals surface area contributed by atoms with Crippen LogP contribution in [0.3, 0.4) is 0 Å². The van der Waals surface area contributed by atoms with Crippen LogP contribution in [0.1, 0.15) is 47.4 Å². The summed E-state index contributed by atoms with van der Waals surface area (Å²) in [6.45, 7) is 0.940. The van der Waals surface area contributed by atoms with Gasteiger partial charge in [-0.3, -0.25) is 4.90 Å². The zero-order chi connectivity index (χ0) is 20.9. The molecule has 29 heavy (non-hydrogen) atoms. The largest absolute Gasteiger partial charge is 0.416 e. The van der Waals surface area contributed by atoms with Gasteiger partial charge in [-0.25, -0.2) is 13.2 Å². The van der Waals surface area contributed by atoms with E-state index in [4.69, 9.17) is 5.73 Å². The van der Waals surface area contributed by atoms with Crippen molar-refractivity contribution in [1.29, 1.82) is 0 Å². The molecule has 3 atom stereocenters. The third kappa shape index (κ3) is 3.88. The van der Waals surface area contributed by atoms with Crippen molar-refractivity contribution >= 4 is 0 Å². The zero-order valence-corrected chi connectivity index (χ0v) is 15.4. The molecule has 2 unspecified atom stereocenters. The number of fused-ring (bicyclic) bond motifs is 1. The molecule has 0 bridgehead atoms. The van der Waals surface area contributed by atoms with E-state index in [1.807, 2.05) is 0 Å². The van der Waals surface area contributed by atoms with Crippen LogP contribution >= 0.6 is 0 Å². The highest BCUT2D eigenvalue weighted by atomic mass is 19.4. The molecule has 0 aromatic heterocycles. The fourth-order valence-corrected chi connectivity index (χ4v) is 4.58. The van der Waals surface area contributed by atoms with Crippen LogP contribution in [0.5, 0.6) is 0 Å². The summed E-state index contributed by atoms with van der Waals surface area (Å²) >= 11 is 0. The lowest BCUT2D eigenvalue weighted by Crippen LogP contribution is -2.44. The first kappa shape index (κ1) is 20.2. The van der Waals surface area contributed by atoms with Crippen LogP contribution in [-0.4, -0.2) is 17.0 Å². The number of benzene rings is 2. The van der Waals surface area contributed by atoms with E-state index in [-0.39, 0.29) is 11.6 Å². The van der Waals surface area contributed by atoms with Gasteiger partial charge in [0.1, 0.15) is 5.82 Å². The maximum Gasteiger partial charge on any atom is 0.416 e. The lowest BCUT2D eigenvalue weighted by molar-refractivity contribution is -0.137. The number of nitrogens with two attached hydrogens (primary N) is 1. The van der Waals surface area contributed by atoms with Crippen molar-refractivity contribution in [3.05, 3.63) is 70.0 Å². The molecule has 2 N–H and O–H groups in total. The van der Waals surface area contributed by atoms with Crippen LogP contribution in [0.2, 0.25) is 0 Å². The Bertz CT molecular complexity index is 926. The quantitative estimate of drug-likeness (QED) is 0.547. The SMILES string of the molecule is NC1CC(N2Cc3ccc(C(F)(F)F)cc3C2)CC[C@@H]1c1cc(F)c(F)cc1F. The van der Waals surface area contributed by atoms with Crippen LogP contribution in [0.15, 0.2) is 30.3 Å². The molecular formula is C21H20F6N2. The van der Waals surface area contributed by atoms with Crippen molar-refractivity contribution in [1.82, 2.24) is 4.90 Å². The lowest BCUT2D eigenvalue weighted by Gasteiger charge is -2.38. The molecule has 1 fully saturated rings. The molecule has 1 saturated carbocycles. The highest BCUT2D eigenvalue weighted by Gasteiger charge is 2.37. The molecule has 2 nitrogen and oxygen atoms in total. The second-order valence-electron chi connectivity index (χ2n) is 7.91. The molecule has 2 aromatic rings. The smallest absolute Gasteiger partial charge is 0.327 e. The summed E-state index contributed by atoms with van der Waals surface area (Å²) in [7, 11) is 0. The highest BCUT2D eigenvalue weighted by Crippen LogP contribution is 2.39. The van der Waals surface area contributed by atoms with Crippen molar-refractivity contribution in [2.75, 3.05) is 0 Å². The standard InChI is InChI=1S/C21H20F6N2/c22-17-8-19(24)18(23)7-16(17)15-4-3-14(6-20(15)28)29-9-11-1-2-13(21(25,26)27)5-12(11)10-29/h1-2,5,7-8,14-15,20H,3-4,6,9-10,28H2/t14?,15-,20?/m1/s1. The van der Waals surface area contributed by atoms with Gasteiger partial charge in [0.25, 0.3) is 0 Å². The average Bonchev–Trinajstić information content (AvgIpc) is 3.07. The van der Waals surface area contributed by atoms with E-state index < -0.39 is 41.2 Å². The normalized spacial score (nSPS) is 25.3. The Kier molecular flexibility index (Phi) is 5.11. The molecular weight excluding hydrogens is 394 g/mol. The van der Waals surface area contributed by atoms with E-state index >= 15 is 0 Å². The van der Waals surface area contributed by atoms with Crippen molar-refractivity contribution in [3.63, 3.8) is 0 Å². The minimum absolute atomic E-state index is 0.0383. The molecule has 0 saturated heterocycles. The lowest BCUT2D eigenvalue weighted by atomic mass is 9.77. The summed E-state index contributed by atoms with van der Waals surface area (Å²) in [6.07, 6.45) is -2.73. The Labute approximate surface area is 164 Å². The highest BCUT2D eigenvalue weighted by molar-refractivity contribution is 5.36. The van der Waals surface area contributed by atoms with Gasteiger partial charge in [-0.1, -0.05) is 6.07 Å². The molecule has 1 aliphatic carbocycles. The fraction of sp³-hybridized carbons (Fsp3) is 0.429. The maximum absolute atomic E-state index is 14.1. The Morgan fingerprint density at radius 3 is 2.24 bits per heavy atom. The summed E-state index contributed by atoms with van der Waals surface area (Å²) in [5.41, 5.74) is 7.19. The van der Waals surface area contributed by atoms with Gasteiger partial charge < -0.3 is 5.73 Å². The van der Waals surface area contributed by atoms with Gasteiger partial charge in [0.15, 0.2) is 11.6 Å². The number of rotatable bonds is 2. The first-order chi connectivity index (χ1) is 13.6. The average molecular weight is 414 g/mol. The molecule has 1 aliphatic heterocycles. The van der Waals surface area contributed by atoms with E-state index in [1.54, 1.807) is 0 Å². The van der Waals surface area contributed by atoms with E-state index in [0.29, 0.717) is 44.0 Å². The fourth-order valence-electron chi connectivity index (χ4n) is 4.58. The van der Waals surface area contributed by atoms with Crippen LogP contribution in [0.4, 0.5) is 26.3 Å². The van der Waals surface area contributed by atoms with Gasteiger partial charge >= 0.3 is 6.18 Å². The summed E-state index contributed by atoms with van der Waals surface area (Å²) < 4.78 is 79.7. The number of nitrogens with zero attached hydrogens (tertiary/aromatic N) is 1. The molecule has 1 heterocycles. The van der Waals surface area contributed by atoms with Crippen molar-refractivity contribution in [2.24, 2.45) is 5.73 Å². The van der Waals surface area contributed by atoms with Crippen LogP contribution < -0.4 is 5.73 Å². The third-order valence-corrected chi connectivity index (χ3v) is 6.11. The van der Waals surface area contributed by atoms with Crippen LogP contribution in [0.25, 0.3) is 0 Å². The van der Waals surface area contributed by atoms with Crippen LogP contribution in [-0.2, 0) is 19.3 Å². The Hall–Kier alpha value is -2.06.